The van der Waals surface area contributed by atoms with Crippen LogP contribution >= 0.6 is 0 Å². The first-order chi connectivity index (χ1) is 13.4. The quantitative estimate of drug-likeness (QED) is 0.632. The topological polar surface area (TPSA) is 84.5 Å². The summed E-state index contributed by atoms with van der Waals surface area (Å²) in [5, 5.41) is 2.89. The van der Waals surface area contributed by atoms with E-state index in [1.165, 1.54) is 0 Å². The molecule has 1 aliphatic rings. The summed E-state index contributed by atoms with van der Waals surface area (Å²) in [5.41, 5.74) is 1.96. The number of carbonyl (C=O) groups is 1. The molecule has 3 rings (SSSR count). The fraction of sp³-hybridized carbons (Fsp3) is 0.381. The number of anilines is 1. The number of hydrogen-bond acceptors (Lipinski definition) is 4. The maximum Gasteiger partial charge on any atom is 0.261 e. The number of benzene rings is 2. The van der Waals surface area contributed by atoms with E-state index in [0.29, 0.717) is 18.8 Å². The van der Waals surface area contributed by atoms with Crippen molar-refractivity contribution >= 4 is 21.6 Å². The highest BCUT2D eigenvalue weighted by Gasteiger charge is 2.51. The van der Waals surface area contributed by atoms with Crippen LogP contribution in [-0.4, -0.2) is 34.6 Å². The van der Waals surface area contributed by atoms with E-state index in [9.17, 15) is 13.2 Å². The summed E-state index contributed by atoms with van der Waals surface area (Å²) in [7, 11) is -2.05. The lowest BCUT2D eigenvalue weighted by Gasteiger charge is -2.16. The Balaban J connectivity index is 1.69. The molecule has 28 heavy (non-hydrogen) atoms. The molecule has 0 aromatic heterocycles. The van der Waals surface area contributed by atoms with Gasteiger partial charge in [0.2, 0.25) is 5.91 Å². The van der Waals surface area contributed by atoms with E-state index in [1.54, 1.807) is 31.4 Å². The van der Waals surface area contributed by atoms with Gasteiger partial charge >= 0.3 is 0 Å². The minimum Gasteiger partial charge on any atom is -0.383 e. The van der Waals surface area contributed by atoms with Crippen LogP contribution in [-0.2, 0) is 31.4 Å². The summed E-state index contributed by atoms with van der Waals surface area (Å²) in [4.78, 5) is 12.7. The molecule has 1 amide bonds. The summed E-state index contributed by atoms with van der Waals surface area (Å²) < 4.78 is 32.7. The van der Waals surface area contributed by atoms with Gasteiger partial charge in [-0.15, -0.1) is 0 Å². The Morgan fingerprint density at radius 2 is 1.71 bits per heavy atom. The van der Waals surface area contributed by atoms with Crippen LogP contribution in [0.5, 0.6) is 0 Å². The Morgan fingerprint density at radius 3 is 2.25 bits per heavy atom. The van der Waals surface area contributed by atoms with Gasteiger partial charge in [-0.1, -0.05) is 31.2 Å². The van der Waals surface area contributed by atoms with E-state index in [-0.39, 0.29) is 10.8 Å². The van der Waals surface area contributed by atoms with Gasteiger partial charge in [0.05, 0.1) is 16.9 Å². The number of rotatable bonds is 9. The molecule has 2 aromatic carbocycles. The van der Waals surface area contributed by atoms with E-state index >= 15 is 0 Å². The summed E-state index contributed by atoms with van der Waals surface area (Å²) >= 11 is 0. The van der Waals surface area contributed by atoms with Crippen molar-refractivity contribution < 1.29 is 17.9 Å². The monoisotopic (exact) mass is 402 g/mol. The van der Waals surface area contributed by atoms with Crippen LogP contribution in [0.2, 0.25) is 0 Å². The van der Waals surface area contributed by atoms with Gasteiger partial charge in [-0.2, -0.15) is 0 Å². The van der Waals surface area contributed by atoms with Crippen molar-refractivity contribution in [1.82, 2.24) is 5.32 Å². The first kappa shape index (κ1) is 20.4. The van der Waals surface area contributed by atoms with E-state index in [4.69, 9.17) is 4.74 Å². The molecule has 1 saturated carbocycles. The molecule has 0 atom stereocenters. The summed E-state index contributed by atoms with van der Waals surface area (Å²) in [6.07, 6.45) is 2.44. The molecule has 2 aromatic rings. The first-order valence-electron chi connectivity index (χ1n) is 9.41. The van der Waals surface area contributed by atoms with Crippen molar-refractivity contribution in [2.24, 2.45) is 0 Å². The number of aryl methyl sites for hydroxylation is 1. The molecule has 2 N–H and O–H groups in total. The highest BCUT2D eigenvalue weighted by Crippen LogP contribution is 2.48. The van der Waals surface area contributed by atoms with Crippen LogP contribution in [0, 0.1) is 0 Å². The molecule has 6 nitrogen and oxygen atoms in total. The number of sulfonamides is 1. The third-order valence-electron chi connectivity index (χ3n) is 5.11. The van der Waals surface area contributed by atoms with Crippen LogP contribution in [0.4, 0.5) is 5.69 Å². The number of carbonyl (C=O) groups excluding carboxylic acids is 1. The van der Waals surface area contributed by atoms with Gasteiger partial charge in [-0.3, -0.25) is 9.52 Å². The van der Waals surface area contributed by atoms with Gasteiger partial charge in [0, 0.05) is 19.3 Å². The van der Waals surface area contributed by atoms with E-state index in [0.717, 1.165) is 30.4 Å². The van der Waals surface area contributed by atoms with Crippen molar-refractivity contribution in [3.05, 3.63) is 59.7 Å². The van der Waals surface area contributed by atoms with Gasteiger partial charge in [-0.05, 0) is 54.7 Å². The van der Waals surface area contributed by atoms with Gasteiger partial charge in [-0.25, -0.2) is 8.42 Å². The Bertz CT molecular complexity index is 918. The van der Waals surface area contributed by atoms with Gasteiger partial charge in [0.1, 0.15) is 0 Å². The fourth-order valence-electron chi connectivity index (χ4n) is 3.18. The van der Waals surface area contributed by atoms with Crippen molar-refractivity contribution in [1.29, 1.82) is 0 Å². The second-order valence-corrected chi connectivity index (χ2v) is 8.69. The van der Waals surface area contributed by atoms with Gasteiger partial charge in [0.15, 0.2) is 0 Å². The van der Waals surface area contributed by atoms with E-state index in [1.807, 2.05) is 31.2 Å². The second kappa shape index (κ2) is 8.32. The predicted molar refractivity (Wildman–Crippen MR) is 109 cm³/mol. The molecule has 1 fully saturated rings. The molecule has 0 aliphatic heterocycles. The SMILES string of the molecule is CCc1ccc(S(=O)(=O)Nc2ccc(C3(C(=O)NCCOC)CC3)cc2)cc1. The molecule has 7 heteroatoms. The van der Waals surface area contributed by atoms with Crippen LogP contribution in [0.1, 0.15) is 30.9 Å². The van der Waals surface area contributed by atoms with Crippen LogP contribution in [0.15, 0.2) is 53.4 Å². The van der Waals surface area contributed by atoms with Gasteiger partial charge < -0.3 is 10.1 Å². The van der Waals surface area contributed by atoms with Crippen molar-refractivity contribution in [2.75, 3.05) is 25.0 Å². The normalized spacial score (nSPS) is 15.1. The van der Waals surface area contributed by atoms with Crippen LogP contribution in [0.25, 0.3) is 0 Å². The lowest BCUT2D eigenvalue weighted by molar-refractivity contribution is -0.123. The summed E-state index contributed by atoms with van der Waals surface area (Å²) in [6, 6.07) is 13.9. The summed E-state index contributed by atoms with van der Waals surface area (Å²) in [5.74, 6) is -0.00565. The Kier molecular flexibility index (Phi) is 6.05. The molecule has 0 radical (unpaired) electrons. The summed E-state index contributed by atoms with van der Waals surface area (Å²) in [6.45, 7) is 2.97. The van der Waals surface area contributed by atoms with Crippen molar-refractivity contribution in [3.8, 4) is 0 Å². The number of methoxy groups -OCH3 is 1. The van der Waals surface area contributed by atoms with Crippen molar-refractivity contribution in [3.63, 3.8) is 0 Å². The van der Waals surface area contributed by atoms with Crippen molar-refractivity contribution in [2.45, 2.75) is 36.5 Å². The van der Waals surface area contributed by atoms with E-state index < -0.39 is 15.4 Å². The molecular weight excluding hydrogens is 376 g/mol. The Labute approximate surface area is 166 Å². The molecule has 1 aliphatic carbocycles. The molecule has 0 spiro atoms. The number of nitrogens with one attached hydrogen (secondary N) is 2. The second-order valence-electron chi connectivity index (χ2n) is 7.01. The lowest BCUT2D eigenvalue weighted by atomic mass is 9.95. The lowest BCUT2D eigenvalue weighted by Crippen LogP contribution is -2.36. The zero-order chi connectivity index (χ0) is 20.2. The van der Waals surface area contributed by atoms with Gasteiger partial charge in [0.25, 0.3) is 10.0 Å². The average Bonchev–Trinajstić information content (AvgIpc) is 3.50. The van der Waals surface area contributed by atoms with Crippen LogP contribution < -0.4 is 10.0 Å². The Hall–Kier alpha value is -2.38. The maximum absolute atomic E-state index is 12.6. The van der Waals surface area contributed by atoms with Crippen LogP contribution in [0.3, 0.4) is 0 Å². The Morgan fingerprint density at radius 1 is 1.07 bits per heavy atom. The minimum atomic E-state index is -3.65. The predicted octanol–water partition coefficient (Wildman–Crippen LogP) is 2.84. The third kappa shape index (κ3) is 4.36. The molecule has 0 bridgehead atoms. The third-order valence-corrected chi connectivity index (χ3v) is 6.51. The fourth-order valence-corrected chi connectivity index (χ4v) is 4.24. The standard InChI is InChI=1S/C21H26N2O4S/c1-3-16-4-10-19(11-5-16)28(25,26)23-18-8-6-17(7-9-18)21(12-13-21)20(24)22-14-15-27-2/h4-11,23H,3,12-15H2,1-2H3,(H,22,24). The molecular formula is C21H26N2O4S. The highest BCUT2D eigenvalue weighted by atomic mass is 32.2. The number of amides is 1. The minimum absolute atomic E-state index is 0.00565. The number of hydrogen-bond donors (Lipinski definition) is 2. The molecule has 0 heterocycles. The first-order valence-corrected chi connectivity index (χ1v) is 10.9. The zero-order valence-corrected chi connectivity index (χ0v) is 17.0. The zero-order valence-electron chi connectivity index (χ0n) is 16.2. The molecule has 150 valence electrons. The van der Waals surface area contributed by atoms with E-state index in [2.05, 4.69) is 10.0 Å². The highest BCUT2D eigenvalue weighted by molar-refractivity contribution is 7.92. The maximum atomic E-state index is 12.6. The molecule has 0 saturated heterocycles. The largest absolute Gasteiger partial charge is 0.383 e. The average molecular weight is 403 g/mol. The number of ether oxygens (including phenoxy) is 1. The smallest absolute Gasteiger partial charge is 0.261 e. The molecule has 0 unspecified atom stereocenters.